The normalized spacial score (nSPS) is 12.0. The highest BCUT2D eigenvalue weighted by Crippen LogP contribution is 2.20. The van der Waals surface area contributed by atoms with Crippen molar-refractivity contribution in [3.63, 3.8) is 0 Å². The first-order valence-corrected chi connectivity index (χ1v) is 9.82. The number of rotatable bonds is 8. The fraction of sp³-hybridized carbons (Fsp3) is 0.214. The Morgan fingerprint density at radius 2 is 2.10 bits per heavy atom. The van der Waals surface area contributed by atoms with Crippen molar-refractivity contribution in [1.82, 2.24) is 9.71 Å². The van der Waals surface area contributed by atoms with E-state index in [1.807, 2.05) is 35.7 Å². The van der Waals surface area contributed by atoms with Gasteiger partial charge in [0.2, 0.25) is 10.0 Å². The van der Waals surface area contributed by atoms with E-state index in [1.165, 1.54) is 5.41 Å². The first-order valence-electron chi connectivity index (χ1n) is 6.41. The van der Waals surface area contributed by atoms with Crippen LogP contribution in [0.15, 0.2) is 51.7 Å². The Kier molecular flexibility index (Phi) is 6.44. The van der Waals surface area contributed by atoms with Gasteiger partial charge in [0.1, 0.15) is 4.34 Å². The average Bonchev–Trinajstić information content (AvgIpc) is 2.99. The predicted molar refractivity (Wildman–Crippen MR) is 89.9 cm³/mol. The van der Waals surface area contributed by atoms with E-state index in [0.717, 1.165) is 22.1 Å². The van der Waals surface area contributed by atoms with Gasteiger partial charge in [-0.15, -0.1) is 11.3 Å². The lowest BCUT2D eigenvalue weighted by Gasteiger charge is -2.02. The molecule has 0 bridgehead atoms. The van der Waals surface area contributed by atoms with E-state index < -0.39 is 10.0 Å². The zero-order valence-corrected chi connectivity index (χ0v) is 13.8. The molecule has 0 saturated carbocycles. The molecule has 0 aliphatic heterocycles. The highest BCUT2D eigenvalue weighted by molar-refractivity contribution is 8.01. The highest BCUT2D eigenvalue weighted by Gasteiger charge is 2.04. The predicted octanol–water partition coefficient (Wildman–Crippen LogP) is 3.22. The minimum atomic E-state index is -3.37. The molecule has 2 rings (SSSR count). The molecule has 0 radical (unpaired) electrons. The third kappa shape index (κ3) is 6.43. The van der Waals surface area contributed by atoms with E-state index in [4.69, 9.17) is 0 Å². The van der Waals surface area contributed by atoms with Crippen molar-refractivity contribution in [2.24, 2.45) is 0 Å². The number of nitrogens with one attached hydrogen (secondary N) is 1. The molecule has 0 amide bonds. The summed E-state index contributed by atoms with van der Waals surface area (Å²) in [5.74, 6) is 0.846. The number of thioether (sulfide) groups is 1. The second-order valence-electron chi connectivity index (χ2n) is 4.15. The van der Waals surface area contributed by atoms with Gasteiger partial charge in [0.25, 0.3) is 0 Å². The second kappa shape index (κ2) is 8.33. The number of sulfonamides is 1. The molecule has 112 valence electrons. The van der Waals surface area contributed by atoms with Crippen LogP contribution in [0.3, 0.4) is 0 Å². The third-order valence-electron chi connectivity index (χ3n) is 2.50. The summed E-state index contributed by atoms with van der Waals surface area (Å²) in [6.07, 6.45) is 4.12. The Bertz CT molecular complexity index is 653. The SMILES string of the molecule is O=S(=O)(/C=C/c1ccccc1)NCCCSc1nccs1. The Hall–Kier alpha value is -1.15. The Morgan fingerprint density at radius 3 is 2.81 bits per heavy atom. The summed E-state index contributed by atoms with van der Waals surface area (Å²) in [5.41, 5.74) is 0.863. The lowest BCUT2D eigenvalue weighted by Crippen LogP contribution is -2.22. The number of aromatic nitrogens is 1. The molecule has 2 aromatic rings. The molecule has 4 nitrogen and oxygen atoms in total. The van der Waals surface area contributed by atoms with Gasteiger partial charge in [-0.1, -0.05) is 42.1 Å². The number of benzene rings is 1. The monoisotopic (exact) mass is 340 g/mol. The van der Waals surface area contributed by atoms with Gasteiger partial charge in [-0.25, -0.2) is 18.1 Å². The number of thiazole rings is 1. The van der Waals surface area contributed by atoms with Crippen LogP contribution >= 0.6 is 23.1 Å². The highest BCUT2D eigenvalue weighted by atomic mass is 32.2. The molecule has 0 aliphatic carbocycles. The fourth-order valence-corrected chi connectivity index (χ4v) is 4.02. The second-order valence-corrected chi connectivity index (χ2v) is 8.04. The standard InChI is InChI=1S/C14H16N2O2S3/c17-21(18,12-7-13-5-2-1-3-6-13)16-8-4-10-19-14-15-9-11-20-14/h1-3,5-7,9,11-12,16H,4,8,10H2/b12-7+. The minimum absolute atomic E-state index is 0.430. The summed E-state index contributed by atoms with van der Waals surface area (Å²) in [6, 6.07) is 9.35. The van der Waals surface area contributed by atoms with Crippen molar-refractivity contribution in [3.8, 4) is 0 Å². The first-order chi connectivity index (χ1) is 10.2. The van der Waals surface area contributed by atoms with E-state index in [2.05, 4.69) is 9.71 Å². The molecule has 0 aliphatic rings. The molecule has 7 heteroatoms. The largest absolute Gasteiger partial charge is 0.238 e. The van der Waals surface area contributed by atoms with Gasteiger partial charge in [-0.2, -0.15) is 0 Å². The van der Waals surface area contributed by atoms with Crippen LogP contribution in [0.5, 0.6) is 0 Å². The molecule has 0 fully saturated rings. The molecule has 1 N–H and O–H groups in total. The Labute approximate surface area is 133 Å². The van der Waals surface area contributed by atoms with Crippen LogP contribution in [0, 0.1) is 0 Å². The van der Waals surface area contributed by atoms with Gasteiger partial charge in [0, 0.05) is 29.3 Å². The summed E-state index contributed by atoms with van der Waals surface area (Å²) < 4.78 is 27.1. The van der Waals surface area contributed by atoms with Crippen LogP contribution in [0.25, 0.3) is 6.08 Å². The molecule has 21 heavy (non-hydrogen) atoms. The number of hydrogen-bond donors (Lipinski definition) is 1. The lowest BCUT2D eigenvalue weighted by molar-refractivity contribution is 0.590. The lowest BCUT2D eigenvalue weighted by atomic mass is 10.2. The summed E-state index contributed by atoms with van der Waals surface area (Å²) >= 11 is 3.24. The smallest absolute Gasteiger partial charge is 0.233 e. The van der Waals surface area contributed by atoms with E-state index >= 15 is 0 Å². The molecule has 1 aromatic heterocycles. The minimum Gasteiger partial charge on any atom is -0.238 e. The summed E-state index contributed by atoms with van der Waals surface area (Å²) in [7, 11) is -3.37. The number of hydrogen-bond acceptors (Lipinski definition) is 5. The maximum absolute atomic E-state index is 11.8. The van der Waals surface area contributed by atoms with Gasteiger partial charge in [0.05, 0.1) is 0 Å². The third-order valence-corrected chi connectivity index (χ3v) is 5.65. The van der Waals surface area contributed by atoms with Crippen LogP contribution in [0.1, 0.15) is 12.0 Å². The topological polar surface area (TPSA) is 59.1 Å². The summed E-state index contributed by atoms with van der Waals surface area (Å²) in [6.45, 7) is 0.430. The van der Waals surface area contributed by atoms with Gasteiger partial charge in [0.15, 0.2) is 0 Å². The Morgan fingerprint density at radius 1 is 1.29 bits per heavy atom. The first kappa shape index (κ1) is 16.2. The molecule has 1 aromatic carbocycles. The quantitative estimate of drug-likeness (QED) is 0.592. The molecule has 0 spiro atoms. The van der Waals surface area contributed by atoms with Gasteiger partial charge < -0.3 is 0 Å². The van der Waals surface area contributed by atoms with E-state index in [1.54, 1.807) is 35.4 Å². The van der Waals surface area contributed by atoms with Crippen molar-refractivity contribution in [2.45, 2.75) is 10.8 Å². The van der Waals surface area contributed by atoms with Crippen molar-refractivity contribution >= 4 is 39.2 Å². The van der Waals surface area contributed by atoms with Gasteiger partial charge in [-0.3, -0.25) is 0 Å². The average molecular weight is 340 g/mol. The summed E-state index contributed by atoms with van der Waals surface area (Å²) in [5, 5.41) is 3.13. The van der Waals surface area contributed by atoms with Crippen molar-refractivity contribution in [3.05, 3.63) is 52.9 Å². The van der Waals surface area contributed by atoms with Crippen LogP contribution < -0.4 is 4.72 Å². The molecule has 0 atom stereocenters. The zero-order valence-electron chi connectivity index (χ0n) is 11.3. The van der Waals surface area contributed by atoms with E-state index in [0.29, 0.717) is 6.54 Å². The van der Waals surface area contributed by atoms with Crippen LogP contribution in [0.4, 0.5) is 0 Å². The fourth-order valence-electron chi connectivity index (χ4n) is 1.51. The maximum Gasteiger partial charge on any atom is 0.233 e. The van der Waals surface area contributed by atoms with Crippen LogP contribution in [-0.2, 0) is 10.0 Å². The zero-order chi connectivity index (χ0) is 15.0. The van der Waals surface area contributed by atoms with Gasteiger partial charge in [-0.05, 0) is 18.1 Å². The molecule has 0 saturated heterocycles. The number of nitrogens with zero attached hydrogens (tertiary/aromatic N) is 1. The van der Waals surface area contributed by atoms with Crippen molar-refractivity contribution < 1.29 is 8.42 Å². The van der Waals surface area contributed by atoms with E-state index in [9.17, 15) is 8.42 Å². The van der Waals surface area contributed by atoms with Crippen molar-refractivity contribution in [2.75, 3.05) is 12.3 Å². The van der Waals surface area contributed by atoms with Crippen LogP contribution in [-0.4, -0.2) is 25.7 Å². The van der Waals surface area contributed by atoms with Crippen LogP contribution in [0.2, 0.25) is 0 Å². The van der Waals surface area contributed by atoms with E-state index in [-0.39, 0.29) is 0 Å². The molecule has 0 unspecified atom stereocenters. The van der Waals surface area contributed by atoms with Gasteiger partial charge >= 0.3 is 0 Å². The molecule has 1 heterocycles. The summed E-state index contributed by atoms with van der Waals surface area (Å²) in [4.78, 5) is 4.16. The maximum atomic E-state index is 11.8. The Balaban J connectivity index is 1.70. The van der Waals surface area contributed by atoms with Crippen molar-refractivity contribution in [1.29, 1.82) is 0 Å². The molecular formula is C14H16N2O2S3. The molecular weight excluding hydrogens is 324 g/mol.